The van der Waals surface area contributed by atoms with E-state index in [0.717, 1.165) is 10.6 Å². The van der Waals surface area contributed by atoms with Crippen molar-refractivity contribution in [1.82, 2.24) is 21.3 Å². The zero-order valence-electron chi connectivity index (χ0n) is 14.2. The maximum Gasteiger partial charge on any atom is 0.115 e. The van der Waals surface area contributed by atoms with Crippen LogP contribution in [0, 0.1) is 0 Å². The molecule has 0 amide bonds. The Hall–Kier alpha value is -1.46. The van der Waals surface area contributed by atoms with Gasteiger partial charge >= 0.3 is 0 Å². The Morgan fingerprint density at radius 3 is 1.96 bits per heavy atom. The third-order valence-corrected chi connectivity index (χ3v) is 4.43. The van der Waals surface area contributed by atoms with Gasteiger partial charge in [0.2, 0.25) is 0 Å². The summed E-state index contributed by atoms with van der Waals surface area (Å²) in [6, 6.07) is 6.66. The lowest BCUT2D eigenvalue weighted by Gasteiger charge is -2.13. The predicted molar refractivity (Wildman–Crippen MR) is 123 cm³/mol. The fraction of sp³-hybridized carbons (Fsp3) is 0.375. The third kappa shape index (κ3) is 9.88. The van der Waals surface area contributed by atoms with Crippen molar-refractivity contribution in [2.45, 2.75) is 6.42 Å². The van der Waals surface area contributed by atoms with E-state index in [-0.39, 0.29) is 5.75 Å². The van der Waals surface area contributed by atoms with E-state index >= 15 is 0 Å². The van der Waals surface area contributed by atoms with Crippen molar-refractivity contribution in [2.75, 3.05) is 32.7 Å². The van der Waals surface area contributed by atoms with Gasteiger partial charge in [0.15, 0.2) is 0 Å². The molecule has 26 heavy (non-hydrogen) atoms. The van der Waals surface area contributed by atoms with Crippen molar-refractivity contribution in [3.63, 3.8) is 0 Å². The fourth-order valence-electron chi connectivity index (χ4n) is 1.80. The molecule has 0 fully saturated rings. The van der Waals surface area contributed by atoms with Crippen LogP contribution in [0.15, 0.2) is 24.3 Å². The standard InChI is InChI=1S/C16H23N5OS4/c17-6-5-13(23)18-7-8-19-14(24)9-20-15(25)10-21-16(26)11-1-3-12(22)4-2-11/h1-4,22H,5-10,17H2,(H,18,23)(H,19,24)(H,20,25)(H,21,26). The average molecular weight is 430 g/mol. The second-order valence-corrected chi connectivity index (χ2v) is 7.13. The van der Waals surface area contributed by atoms with Gasteiger partial charge in [0, 0.05) is 25.1 Å². The maximum absolute atomic E-state index is 9.28. The average Bonchev–Trinajstić information content (AvgIpc) is 2.62. The maximum atomic E-state index is 9.28. The molecule has 0 saturated heterocycles. The zero-order valence-corrected chi connectivity index (χ0v) is 17.5. The van der Waals surface area contributed by atoms with Crippen molar-refractivity contribution in [1.29, 1.82) is 0 Å². The molecular weight excluding hydrogens is 406 g/mol. The van der Waals surface area contributed by atoms with E-state index in [1.165, 1.54) is 0 Å². The van der Waals surface area contributed by atoms with E-state index in [2.05, 4.69) is 21.3 Å². The molecule has 6 nitrogen and oxygen atoms in total. The molecular formula is C16H23N5OS4. The summed E-state index contributed by atoms with van der Waals surface area (Å²) >= 11 is 20.9. The number of phenolic OH excluding ortho intramolecular Hbond substituents is 1. The largest absolute Gasteiger partial charge is 0.508 e. The van der Waals surface area contributed by atoms with Crippen LogP contribution in [0.1, 0.15) is 12.0 Å². The molecule has 1 aromatic rings. The van der Waals surface area contributed by atoms with Gasteiger partial charge in [-0.25, -0.2) is 0 Å². The fourth-order valence-corrected chi connectivity index (χ4v) is 2.55. The lowest BCUT2D eigenvalue weighted by atomic mass is 10.2. The van der Waals surface area contributed by atoms with Crippen molar-refractivity contribution in [3.8, 4) is 5.75 Å². The first-order valence-corrected chi connectivity index (χ1v) is 9.63. The van der Waals surface area contributed by atoms with Crippen LogP contribution < -0.4 is 27.0 Å². The van der Waals surface area contributed by atoms with Gasteiger partial charge in [0.25, 0.3) is 0 Å². The van der Waals surface area contributed by atoms with Crippen molar-refractivity contribution < 1.29 is 5.11 Å². The van der Waals surface area contributed by atoms with Gasteiger partial charge in [-0.1, -0.05) is 48.9 Å². The number of hydrogen-bond acceptors (Lipinski definition) is 6. The van der Waals surface area contributed by atoms with Crippen LogP contribution in [-0.4, -0.2) is 57.8 Å². The van der Waals surface area contributed by atoms with E-state index in [1.54, 1.807) is 24.3 Å². The molecule has 7 N–H and O–H groups in total. The summed E-state index contributed by atoms with van der Waals surface area (Å²) in [5.74, 6) is 0.200. The van der Waals surface area contributed by atoms with Crippen molar-refractivity contribution >= 4 is 68.8 Å². The molecule has 0 atom stereocenters. The molecule has 0 aromatic heterocycles. The Bertz CT molecular complexity index is 636. The van der Waals surface area contributed by atoms with Gasteiger partial charge in [-0.2, -0.15) is 0 Å². The van der Waals surface area contributed by atoms with Crippen LogP contribution in [0.4, 0.5) is 0 Å². The van der Waals surface area contributed by atoms with E-state index in [4.69, 9.17) is 54.6 Å². The normalized spacial score (nSPS) is 9.88. The van der Waals surface area contributed by atoms with E-state index in [9.17, 15) is 5.11 Å². The number of nitrogens with two attached hydrogens (primary N) is 1. The summed E-state index contributed by atoms with van der Waals surface area (Å²) in [7, 11) is 0. The number of hydrogen-bond donors (Lipinski definition) is 6. The number of aromatic hydroxyl groups is 1. The highest BCUT2D eigenvalue weighted by molar-refractivity contribution is 7.81. The van der Waals surface area contributed by atoms with Crippen LogP contribution >= 0.6 is 48.9 Å². The summed E-state index contributed by atoms with van der Waals surface area (Å²) in [4.78, 5) is 2.60. The number of benzene rings is 1. The Kier molecular flexibility index (Phi) is 11.1. The Morgan fingerprint density at radius 1 is 0.808 bits per heavy atom. The Morgan fingerprint density at radius 2 is 1.35 bits per heavy atom. The van der Waals surface area contributed by atoms with Gasteiger partial charge in [0.05, 0.1) is 28.1 Å². The molecule has 0 aliphatic carbocycles. The van der Waals surface area contributed by atoms with Gasteiger partial charge in [-0.3, -0.25) is 0 Å². The van der Waals surface area contributed by atoms with E-state index in [1.807, 2.05) is 0 Å². The highest BCUT2D eigenvalue weighted by Crippen LogP contribution is 2.09. The molecule has 0 radical (unpaired) electrons. The second-order valence-electron chi connectivity index (χ2n) is 5.24. The monoisotopic (exact) mass is 429 g/mol. The van der Waals surface area contributed by atoms with Gasteiger partial charge in [0.1, 0.15) is 10.7 Å². The minimum absolute atomic E-state index is 0.200. The molecule has 1 rings (SSSR count). The van der Waals surface area contributed by atoms with Gasteiger partial charge < -0.3 is 32.1 Å². The predicted octanol–water partition coefficient (Wildman–Crippen LogP) is 0.757. The lowest BCUT2D eigenvalue weighted by molar-refractivity contribution is 0.475. The topological polar surface area (TPSA) is 94.4 Å². The first kappa shape index (κ1) is 22.6. The molecule has 1 aromatic carbocycles. The van der Waals surface area contributed by atoms with E-state index in [0.29, 0.717) is 54.1 Å². The van der Waals surface area contributed by atoms with Crippen molar-refractivity contribution in [2.24, 2.45) is 5.73 Å². The van der Waals surface area contributed by atoms with Gasteiger partial charge in [-0.15, -0.1) is 0 Å². The molecule has 0 aliphatic heterocycles. The third-order valence-electron chi connectivity index (χ3n) is 3.13. The molecule has 0 spiro atoms. The van der Waals surface area contributed by atoms with Crippen LogP contribution in [0.5, 0.6) is 5.75 Å². The minimum Gasteiger partial charge on any atom is -0.508 e. The van der Waals surface area contributed by atoms with Crippen LogP contribution in [0.25, 0.3) is 0 Å². The molecule has 0 unspecified atom stereocenters. The molecule has 0 bridgehead atoms. The summed E-state index contributed by atoms with van der Waals surface area (Å²) in [6.45, 7) is 2.76. The highest BCUT2D eigenvalue weighted by atomic mass is 32.1. The molecule has 10 heteroatoms. The Balaban J connectivity index is 2.15. The minimum atomic E-state index is 0.200. The number of rotatable bonds is 10. The van der Waals surface area contributed by atoms with E-state index < -0.39 is 0 Å². The first-order valence-electron chi connectivity index (χ1n) is 7.99. The summed E-state index contributed by atoms with van der Waals surface area (Å²) in [5, 5.41) is 21.6. The molecule has 0 aliphatic rings. The van der Waals surface area contributed by atoms with Crippen LogP contribution in [-0.2, 0) is 0 Å². The molecule has 142 valence electrons. The molecule has 0 heterocycles. The first-order chi connectivity index (χ1) is 12.4. The smallest absolute Gasteiger partial charge is 0.115 e. The quantitative estimate of drug-likeness (QED) is 0.236. The number of nitrogens with one attached hydrogen (secondary N) is 4. The highest BCUT2D eigenvalue weighted by Gasteiger charge is 2.03. The molecule has 0 saturated carbocycles. The van der Waals surface area contributed by atoms with Crippen LogP contribution in [0.3, 0.4) is 0 Å². The summed E-state index contributed by atoms with van der Waals surface area (Å²) < 4.78 is 0. The summed E-state index contributed by atoms with van der Waals surface area (Å²) in [5.41, 5.74) is 6.24. The number of phenols is 1. The Labute approximate surface area is 175 Å². The SMILES string of the molecule is NCCC(=S)NCCNC(=S)CNC(=S)CNC(=S)c1ccc(O)cc1. The zero-order chi connectivity index (χ0) is 19.4. The van der Waals surface area contributed by atoms with Crippen LogP contribution in [0.2, 0.25) is 0 Å². The lowest BCUT2D eigenvalue weighted by Crippen LogP contribution is -2.42. The number of thiocarbonyl (C=S) groups is 4. The summed E-state index contributed by atoms with van der Waals surface area (Å²) in [6.07, 6.45) is 0.689. The van der Waals surface area contributed by atoms with Gasteiger partial charge in [-0.05, 0) is 30.8 Å². The second kappa shape index (κ2) is 12.8. The van der Waals surface area contributed by atoms with Crippen molar-refractivity contribution in [3.05, 3.63) is 29.8 Å².